The standard InChI is InChI=1S/C30H27Cl2F3N4O2/c31-16-19-5-4-6-20(13-19)29(41)38-27-10-8-23(39-11-2-1-3-12-39)15-24(27)28(40)21(17-36)18-37-22-7-9-26(32)25(14-22)30(33,34)35/h4-10,13-15,17-18H,1-3,11-12,16,36H2,(H,38,41). The first kappa shape index (κ1) is 30.1. The van der Waals surface area contributed by atoms with E-state index >= 15 is 0 Å². The number of allylic oxidation sites excluding steroid dienone is 1. The van der Waals surface area contributed by atoms with Crippen molar-refractivity contribution in [3.63, 3.8) is 0 Å². The number of rotatable bonds is 8. The molecule has 0 saturated carbocycles. The second-order valence-electron chi connectivity index (χ2n) is 9.44. The molecule has 0 spiro atoms. The summed E-state index contributed by atoms with van der Waals surface area (Å²) in [5.74, 6) is -0.772. The molecule has 41 heavy (non-hydrogen) atoms. The number of halogens is 5. The minimum Gasteiger partial charge on any atom is -0.404 e. The molecule has 1 aliphatic rings. The minimum atomic E-state index is -4.67. The number of ketones is 1. The number of hydrogen-bond donors (Lipinski definition) is 2. The van der Waals surface area contributed by atoms with Crippen LogP contribution in [0.4, 0.5) is 30.2 Å². The van der Waals surface area contributed by atoms with E-state index < -0.39 is 28.5 Å². The molecule has 0 unspecified atom stereocenters. The summed E-state index contributed by atoms with van der Waals surface area (Å²) in [7, 11) is 0. The van der Waals surface area contributed by atoms with Gasteiger partial charge < -0.3 is 16.0 Å². The molecule has 4 rings (SSSR count). The zero-order valence-corrected chi connectivity index (χ0v) is 23.4. The number of alkyl halides is 4. The Morgan fingerprint density at radius 3 is 2.46 bits per heavy atom. The lowest BCUT2D eigenvalue weighted by Crippen LogP contribution is -2.29. The van der Waals surface area contributed by atoms with Gasteiger partial charge in [0, 0.05) is 48.2 Å². The molecule has 1 heterocycles. The molecule has 1 amide bonds. The average Bonchev–Trinajstić information content (AvgIpc) is 2.98. The number of piperidine rings is 1. The molecule has 6 nitrogen and oxygen atoms in total. The summed E-state index contributed by atoms with van der Waals surface area (Å²) < 4.78 is 39.8. The number of hydrogen-bond acceptors (Lipinski definition) is 5. The second-order valence-corrected chi connectivity index (χ2v) is 10.1. The number of nitrogens with zero attached hydrogens (tertiary/aromatic N) is 2. The Morgan fingerprint density at radius 1 is 1.02 bits per heavy atom. The van der Waals surface area contributed by atoms with Crippen molar-refractivity contribution >= 4 is 58.2 Å². The predicted molar refractivity (Wildman–Crippen MR) is 158 cm³/mol. The first-order chi connectivity index (χ1) is 19.6. The van der Waals surface area contributed by atoms with Crippen molar-refractivity contribution < 1.29 is 22.8 Å². The maximum absolute atomic E-state index is 13.7. The number of anilines is 2. The number of nitrogens with one attached hydrogen (secondary N) is 1. The van der Waals surface area contributed by atoms with Gasteiger partial charge in [-0.1, -0.05) is 23.7 Å². The Kier molecular flexibility index (Phi) is 9.73. The molecular weight excluding hydrogens is 576 g/mol. The Balaban J connectivity index is 1.67. The van der Waals surface area contributed by atoms with Crippen molar-refractivity contribution in [2.45, 2.75) is 31.3 Å². The summed E-state index contributed by atoms with van der Waals surface area (Å²) in [4.78, 5) is 33.0. The normalized spacial score (nSPS) is 14.4. The van der Waals surface area contributed by atoms with Crippen LogP contribution in [-0.2, 0) is 12.1 Å². The van der Waals surface area contributed by atoms with Gasteiger partial charge in [0.05, 0.1) is 27.5 Å². The topological polar surface area (TPSA) is 87.8 Å². The molecule has 0 atom stereocenters. The third-order valence-electron chi connectivity index (χ3n) is 6.61. The third kappa shape index (κ3) is 7.48. The SMILES string of the molecule is NC=C(C=Nc1ccc(Cl)c(C(F)(F)F)c1)C(=O)c1cc(N2CCCCC2)ccc1NC(=O)c1cccc(CCl)c1. The van der Waals surface area contributed by atoms with Crippen molar-refractivity contribution in [1.82, 2.24) is 0 Å². The van der Waals surface area contributed by atoms with Crippen LogP contribution in [0.3, 0.4) is 0 Å². The van der Waals surface area contributed by atoms with Crippen molar-refractivity contribution in [1.29, 1.82) is 0 Å². The molecule has 1 fully saturated rings. The molecule has 3 N–H and O–H groups in total. The molecule has 0 aromatic heterocycles. The first-order valence-electron chi connectivity index (χ1n) is 12.8. The number of benzene rings is 3. The third-order valence-corrected chi connectivity index (χ3v) is 7.25. The van der Waals surface area contributed by atoms with Crippen molar-refractivity contribution in [2.75, 3.05) is 23.3 Å². The van der Waals surface area contributed by atoms with E-state index in [0.717, 1.165) is 68.2 Å². The van der Waals surface area contributed by atoms with Crippen LogP contribution in [0.15, 0.2) is 77.4 Å². The van der Waals surface area contributed by atoms with Crippen molar-refractivity contribution in [3.8, 4) is 0 Å². The van der Waals surface area contributed by atoms with E-state index in [1.807, 2.05) is 6.07 Å². The smallest absolute Gasteiger partial charge is 0.404 e. The molecule has 0 bridgehead atoms. The molecule has 0 radical (unpaired) electrons. The fourth-order valence-electron chi connectivity index (χ4n) is 4.46. The maximum Gasteiger partial charge on any atom is 0.417 e. The van der Waals surface area contributed by atoms with Crippen LogP contribution >= 0.6 is 23.2 Å². The van der Waals surface area contributed by atoms with Crippen LogP contribution in [0, 0.1) is 0 Å². The van der Waals surface area contributed by atoms with Crippen LogP contribution < -0.4 is 16.0 Å². The highest BCUT2D eigenvalue weighted by atomic mass is 35.5. The van der Waals surface area contributed by atoms with Crippen LogP contribution in [0.2, 0.25) is 5.02 Å². The van der Waals surface area contributed by atoms with Crippen LogP contribution in [0.1, 0.15) is 51.1 Å². The van der Waals surface area contributed by atoms with E-state index in [9.17, 15) is 22.8 Å². The Bertz CT molecular complexity index is 1500. The number of carbonyl (C=O) groups is 2. The zero-order chi connectivity index (χ0) is 29.6. The van der Waals surface area contributed by atoms with Crippen LogP contribution in [-0.4, -0.2) is 31.0 Å². The highest BCUT2D eigenvalue weighted by Crippen LogP contribution is 2.37. The van der Waals surface area contributed by atoms with Gasteiger partial charge in [-0.15, -0.1) is 11.6 Å². The molecule has 1 aliphatic heterocycles. The molecule has 3 aromatic rings. The first-order valence-corrected chi connectivity index (χ1v) is 13.7. The molecule has 1 saturated heterocycles. The summed E-state index contributed by atoms with van der Waals surface area (Å²) in [6, 6.07) is 15.1. The van der Waals surface area contributed by atoms with E-state index in [2.05, 4.69) is 15.2 Å². The largest absolute Gasteiger partial charge is 0.417 e. The lowest BCUT2D eigenvalue weighted by molar-refractivity contribution is -0.137. The highest BCUT2D eigenvalue weighted by Gasteiger charge is 2.33. The number of aliphatic imine (C=N–C) groups is 1. The van der Waals surface area contributed by atoms with Crippen molar-refractivity contribution in [3.05, 3.63) is 99.7 Å². The average molecular weight is 603 g/mol. The monoisotopic (exact) mass is 602 g/mol. The fourth-order valence-corrected chi connectivity index (χ4v) is 4.85. The van der Waals surface area contributed by atoms with E-state index in [1.165, 1.54) is 6.07 Å². The van der Waals surface area contributed by atoms with E-state index in [4.69, 9.17) is 28.9 Å². The summed E-state index contributed by atoms with van der Waals surface area (Å²) in [6.07, 6.45) is 0.594. The Labute approximate surface area is 245 Å². The van der Waals surface area contributed by atoms with Gasteiger partial charge in [-0.2, -0.15) is 13.2 Å². The molecular formula is C30H27Cl2F3N4O2. The van der Waals surface area contributed by atoms with Gasteiger partial charge in [0.1, 0.15) is 0 Å². The Morgan fingerprint density at radius 2 is 1.78 bits per heavy atom. The lowest BCUT2D eigenvalue weighted by Gasteiger charge is -2.29. The van der Waals surface area contributed by atoms with E-state index in [0.29, 0.717) is 5.56 Å². The van der Waals surface area contributed by atoms with Crippen LogP contribution in [0.5, 0.6) is 0 Å². The number of nitrogens with two attached hydrogens (primary N) is 1. The summed E-state index contributed by atoms with van der Waals surface area (Å²) in [5.41, 5.74) is 6.91. The molecule has 0 aliphatic carbocycles. The highest BCUT2D eigenvalue weighted by molar-refractivity contribution is 6.31. The van der Waals surface area contributed by atoms with Gasteiger partial charge in [-0.05, 0) is 73.4 Å². The van der Waals surface area contributed by atoms with E-state index in [-0.39, 0.29) is 28.4 Å². The van der Waals surface area contributed by atoms with Gasteiger partial charge in [-0.25, -0.2) is 0 Å². The van der Waals surface area contributed by atoms with Gasteiger partial charge >= 0.3 is 6.18 Å². The van der Waals surface area contributed by atoms with E-state index in [1.54, 1.807) is 36.4 Å². The van der Waals surface area contributed by atoms with Gasteiger partial charge in [0.15, 0.2) is 5.78 Å². The predicted octanol–water partition coefficient (Wildman–Crippen LogP) is 7.77. The molecule has 214 valence electrons. The van der Waals surface area contributed by atoms with Crippen LogP contribution in [0.25, 0.3) is 0 Å². The lowest BCUT2D eigenvalue weighted by atomic mass is 10.00. The maximum atomic E-state index is 13.7. The minimum absolute atomic E-state index is 0.0661. The van der Waals surface area contributed by atoms with Crippen molar-refractivity contribution in [2.24, 2.45) is 10.7 Å². The fraction of sp³-hybridized carbons (Fsp3) is 0.233. The number of amides is 1. The summed E-state index contributed by atoms with van der Waals surface area (Å²) in [5, 5.41) is 2.33. The Hall–Kier alpha value is -3.82. The summed E-state index contributed by atoms with van der Waals surface area (Å²) in [6.45, 7) is 1.65. The number of Topliss-reactive ketones (excluding diaryl/α,β-unsaturated/α-hetero) is 1. The molecule has 11 heteroatoms. The molecule has 3 aromatic carbocycles. The second kappa shape index (κ2) is 13.2. The zero-order valence-electron chi connectivity index (χ0n) is 21.8. The summed E-state index contributed by atoms with van der Waals surface area (Å²) >= 11 is 11.6. The number of carbonyl (C=O) groups excluding carboxylic acids is 2. The van der Waals surface area contributed by atoms with Gasteiger partial charge in [0.25, 0.3) is 5.91 Å². The van der Waals surface area contributed by atoms with Gasteiger partial charge in [-0.3, -0.25) is 14.6 Å². The quantitative estimate of drug-likeness (QED) is 0.119. The van der Waals surface area contributed by atoms with Gasteiger partial charge in [0.2, 0.25) is 0 Å².